The Kier molecular flexibility index (Phi) is 4.77. The van der Waals surface area contributed by atoms with Gasteiger partial charge in [-0.3, -0.25) is 9.59 Å². The van der Waals surface area contributed by atoms with Crippen molar-refractivity contribution in [2.45, 2.75) is 39.0 Å². The quantitative estimate of drug-likeness (QED) is 0.867. The molecule has 1 aliphatic carbocycles. The zero-order valence-corrected chi connectivity index (χ0v) is 11.8. The van der Waals surface area contributed by atoms with E-state index in [0.717, 1.165) is 30.5 Å². The summed E-state index contributed by atoms with van der Waals surface area (Å²) in [4.78, 5) is 22.6. The third-order valence-corrected chi connectivity index (χ3v) is 4.05. The highest BCUT2D eigenvalue weighted by atomic mass is 16.4. The number of hydrogen-bond donors (Lipinski definition) is 2. The molecule has 1 saturated carbocycles. The molecule has 0 spiro atoms. The third-order valence-electron chi connectivity index (χ3n) is 4.05. The average Bonchev–Trinajstić information content (AvgIpc) is 2.84. The van der Waals surface area contributed by atoms with Crippen LogP contribution in [0.2, 0.25) is 0 Å². The molecule has 2 N–H and O–H groups in total. The minimum Gasteiger partial charge on any atom is -0.481 e. The molecule has 108 valence electrons. The number of hydrogen-bond acceptors (Lipinski definition) is 2. The molecular weight excluding hydrogens is 254 g/mol. The first-order valence-corrected chi connectivity index (χ1v) is 7.18. The van der Waals surface area contributed by atoms with Gasteiger partial charge in [0.1, 0.15) is 0 Å². The number of carbonyl (C=O) groups excluding carboxylic acids is 1. The molecule has 4 heteroatoms. The van der Waals surface area contributed by atoms with E-state index in [9.17, 15) is 9.59 Å². The van der Waals surface area contributed by atoms with Gasteiger partial charge in [-0.25, -0.2) is 0 Å². The molecule has 1 fully saturated rings. The Morgan fingerprint density at radius 1 is 1.25 bits per heavy atom. The Morgan fingerprint density at radius 2 is 1.95 bits per heavy atom. The molecule has 0 aromatic heterocycles. The second-order valence-electron chi connectivity index (χ2n) is 5.59. The second kappa shape index (κ2) is 6.55. The molecule has 4 nitrogen and oxygen atoms in total. The van der Waals surface area contributed by atoms with Gasteiger partial charge in [-0.15, -0.1) is 0 Å². The van der Waals surface area contributed by atoms with Crippen LogP contribution in [0.25, 0.3) is 0 Å². The van der Waals surface area contributed by atoms with Crippen molar-refractivity contribution in [3.63, 3.8) is 0 Å². The van der Waals surface area contributed by atoms with Crippen molar-refractivity contribution in [2.75, 3.05) is 5.32 Å². The van der Waals surface area contributed by atoms with Gasteiger partial charge >= 0.3 is 5.97 Å². The Hall–Kier alpha value is -1.84. The fourth-order valence-corrected chi connectivity index (χ4v) is 2.78. The second-order valence-corrected chi connectivity index (χ2v) is 5.59. The molecule has 1 aromatic carbocycles. The molecule has 2 rings (SSSR count). The van der Waals surface area contributed by atoms with E-state index in [1.54, 1.807) is 0 Å². The van der Waals surface area contributed by atoms with E-state index < -0.39 is 5.97 Å². The summed E-state index contributed by atoms with van der Waals surface area (Å²) >= 11 is 0. The smallest absolute Gasteiger partial charge is 0.303 e. The van der Waals surface area contributed by atoms with Crippen molar-refractivity contribution in [1.82, 2.24) is 0 Å². The Morgan fingerprint density at radius 3 is 2.50 bits per heavy atom. The minimum absolute atomic E-state index is 0.105. The molecule has 1 aliphatic rings. The number of aliphatic carboxylic acids is 1. The zero-order valence-electron chi connectivity index (χ0n) is 11.8. The Bertz CT molecular complexity index is 481. The van der Waals surface area contributed by atoms with Gasteiger partial charge < -0.3 is 10.4 Å². The van der Waals surface area contributed by atoms with Crippen LogP contribution < -0.4 is 5.32 Å². The van der Waals surface area contributed by atoms with Crippen LogP contribution >= 0.6 is 0 Å². The number of benzene rings is 1. The fraction of sp³-hybridized carbons (Fsp3) is 0.500. The molecule has 0 aliphatic heterocycles. The lowest BCUT2D eigenvalue weighted by Gasteiger charge is -2.15. The van der Waals surface area contributed by atoms with Crippen molar-refractivity contribution < 1.29 is 14.7 Å². The molecular formula is C16H21NO3. The summed E-state index contributed by atoms with van der Waals surface area (Å²) in [6, 6.07) is 7.43. The first-order chi connectivity index (χ1) is 9.56. The number of nitrogens with one attached hydrogen (secondary N) is 1. The molecule has 1 aromatic rings. The maximum atomic E-state index is 12.1. The lowest BCUT2D eigenvalue weighted by atomic mass is 9.97. The number of rotatable bonds is 5. The van der Waals surface area contributed by atoms with Gasteiger partial charge in [0.2, 0.25) is 5.91 Å². The third kappa shape index (κ3) is 3.83. The van der Waals surface area contributed by atoms with E-state index in [4.69, 9.17) is 5.11 Å². The van der Waals surface area contributed by atoms with E-state index >= 15 is 0 Å². The number of anilines is 1. The number of carboxylic acid groups (broad SMARTS) is 1. The first-order valence-electron chi connectivity index (χ1n) is 7.18. The monoisotopic (exact) mass is 275 g/mol. The van der Waals surface area contributed by atoms with Crippen molar-refractivity contribution in [3.05, 3.63) is 29.8 Å². The van der Waals surface area contributed by atoms with Crippen LogP contribution in [0.15, 0.2) is 24.3 Å². The van der Waals surface area contributed by atoms with Crippen LogP contribution in [0.1, 0.15) is 38.2 Å². The number of amides is 1. The lowest BCUT2D eigenvalue weighted by molar-refractivity contribution is -0.137. The molecule has 2 atom stereocenters. The van der Waals surface area contributed by atoms with Gasteiger partial charge in [0.25, 0.3) is 0 Å². The van der Waals surface area contributed by atoms with Crippen LogP contribution in [0.4, 0.5) is 5.69 Å². The highest BCUT2D eigenvalue weighted by Gasteiger charge is 2.29. The molecule has 0 saturated heterocycles. The minimum atomic E-state index is -0.794. The van der Waals surface area contributed by atoms with Crippen LogP contribution in [0, 0.1) is 11.8 Å². The molecule has 1 amide bonds. The normalized spacial score (nSPS) is 21.6. The molecule has 2 unspecified atom stereocenters. The summed E-state index contributed by atoms with van der Waals surface area (Å²) in [6.45, 7) is 2.13. The van der Waals surface area contributed by atoms with Gasteiger partial charge in [-0.2, -0.15) is 0 Å². The van der Waals surface area contributed by atoms with Crippen LogP contribution in [0.3, 0.4) is 0 Å². The summed E-state index contributed by atoms with van der Waals surface area (Å²) in [7, 11) is 0. The number of carboxylic acids is 1. The Labute approximate surface area is 119 Å². The highest BCUT2D eigenvalue weighted by molar-refractivity contribution is 5.92. The average molecular weight is 275 g/mol. The van der Waals surface area contributed by atoms with E-state index in [-0.39, 0.29) is 18.2 Å². The van der Waals surface area contributed by atoms with Gasteiger partial charge in [0.15, 0.2) is 0 Å². The summed E-state index contributed by atoms with van der Waals surface area (Å²) in [5.74, 6) is -0.0996. The highest BCUT2D eigenvalue weighted by Crippen LogP contribution is 2.32. The maximum Gasteiger partial charge on any atom is 0.303 e. The van der Waals surface area contributed by atoms with E-state index in [2.05, 4.69) is 12.2 Å². The maximum absolute atomic E-state index is 12.1. The molecule has 0 radical (unpaired) electrons. The number of carbonyl (C=O) groups is 2. The van der Waals surface area contributed by atoms with Crippen LogP contribution in [-0.4, -0.2) is 17.0 Å². The molecule has 0 heterocycles. The van der Waals surface area contributed by atoms with Gasteiger partial charge in [-0.05, 0) is 42.9 Å². The predicted octanol–water partition coefficient (Wildman–Crippen LogP) is 3.08. The molecule has 20 heavy (non-hydrogen) atoms. The SMILES string of the molecule is CC1CCCC1C(=O)Nc1ccc(CCC(=O)O)cc1. The van der Waals surface area contributed by atoms with Crippen molar-refractivity contribution >= 4 is 17.6 Å². The van der Waals surface area contributed by atoms with Crippen LogP contribution in [-0.2, 0) is 16.0 Å². The van der Waals surface area contributed by atoms with Crippen LogP contribution in [0.5, 0.6) is 0 Å². The summed E-state index contributed by atoms with van der Waals surface area (Å²) in [5.41, 5.74) is 1.76. The number of aryl methyl sites for hydroxylation is 1. The zero-order chi connectivity index (χ0) is 14.5. The standard InChI is InChI=1S/C16H21NO3/c1-11-3-2-4-14(11)16(20)17-13-8-5-12(6-9-13)7-10-15(18)19/h5-6,8-9,11,14H,2-4,7,10H2,1H3,(H,17,20)(H,18,19). The predicted molar refractivity (Wildman–Crippen MR) is 77.5 cm³/mol. The summed E-state index contributed by atoms with van der Waals surface area (Å²) < 4.78 is 0. The topological polar surface area (TPSA) is 66.4 Å². The van der Waals surface area contributed by atoms with Gasteiger partial charge in [-0.1, -0.05) is 25.5 Å². The van der Waals surface area contributed by atoms with Crippen molar-refractivity contribution in [3.8, 4) is 0 Å². The first kappa shape index (κ1) is 14.6. The van der Waals surface area contributed by atoms with E-state index in [1.807, 2.05) is 24.3 Å². The van der Waals surface area contributed by atoms with E-state index in [0.29, 0.717) is 12.3 Å². The molecule has 0 bridgehead atoms. The van der Waals surface area contributed by atoms with Gasteiger partial charge in [0.05, 0.1) is 0 Å². The van der Waals surface area contributed by atoms with E-state index in [1.165, 1.54) is 0 Å². The largest absolute Gasteiger partial charge is 0.481 e. The van der Waals surface area contributed by atoms with Crippen molar-refractivity contribution in [2.24, 2.45) is 11.8 Å². The fourth-order valence-electron chi connectivity index (χ4n) is 2.78. The summed E-state index contributed by atoms with van der Waals surface area (Å²) in [5, 5.41) is 11.6. The van der Waals surface area contributed by atoms with Gasteiger partial charge in [0, 0.05) is 18.0 Å². The van der Waals surface area contributed by atoms with Crippen molar-refractivity contribution in [1.29, 1.82) is 0 Å². The lowest BCUT2D eigenvalue weighted by Crippen LogP contribution is -2.24. The summed E-state index contributed by atoms with van der Waals surface area (Å²) in [6.07, 6.45) is 3.89. The Balaban J connectivity index is 1.90.